The molecule has 0 aromatic heterocycles. The minimum Gasteiger partial charge on any atom is -0.274 e. The van der Waals surface area contributed by atoms with Crippen LogP contribution in [0.3, 0.4) is 0 Å². The van der Waals surface area contributed by atoms with Crippen molar-refractivity contribution in [2.24, 2.45) is 23.7 Å². The molecule has 28 heavy (non-hydrogen) atoms. The molecule has 5 rings (SSSR count). The molecule has 0 spiro atoms. The van der Waals surface area contributed by atoms with E-state index in [2.05, 4.69) is 0 Å². The van der Waals surface area contributed by atoms with E-state index < -0.39 is 35.4 Å². The first-order chi connectivity index (χ1) is 13.4. The molecule has 1 saturated heterocycles. The smallest absolute Gasteiger partial charge is 0.274 e. The zero-order chi connectivity index (χ0) is 19.6. The molecule has 0 N–H and O–H groups in total. The van der Waals surface area contributed by atoms with E-state index in [0.717, 1.165) is 36.6 Å². The molecule has 0 unspecified atom stereocenters. The number of alkyl halides is 3. The lowest BCUT2D eigenvalue weighted by Gasteiger charge is -2.24. The number of para-hydroxylation sites is 1. The van der Waals surface area contributed by atoms with Gasteiger partial charge in [0.05, 0.1) is 23.1 Å². The fourth-order valence-corrected chi connectivity index (χ4v) is 5.65. The Morgan fingerprint density at radius 2 is 1.43 bits per heavy atom. The average Bonchev–Trinajstić information content (AvgIpc) is 3.31. The summed E-state index contributed by atoms with van der Waals surface area (Å²) in [6.07, 6.45) is 4.83. The summed E-state index contributed by atoms with van der Waals surface area (Å²) in [7, 11) is 0. The minimum absolute atomic E-state index is 0.136. The predicted octanol–water partition coefficient (Wildman–Crippen LogP) is 4.89. The quantitative estimate of drug-likeness (QED) is 0.508. The average molecular weight is 387 g/mol. The second kappa shape index (κ2) is 6.06. The first-order valence-electron chi connectivity index (χ1n) is 9.84. The van der Waals surface area contributed by atoms with Gasteiger partial charge >= 0.3 is 6.18 Å². The maximum absolute atomic E-state index is 13.4. The van der Waals surface area contributed by atoms with Gasteiger partial charge in [-0.2, -0.15) is 13.2 Å². The number of amides is 2. The van der Waals surface area contributed by atoms with Gasteiger partial charge in [-0.1, -0.05) is 41.9 Å². The van der Waals surface area contributed by atoms with E-state index in [1.54, 1.807) is 0 Å². The van der Waals surface area contributed by atoms with Crippen molar-refractivity contribution < 1.29 is 22.8 Å². The van der Waals surface area contributed by atoms with Crippen LogP contribution in [0.2, 0.25) is 0 Å². The summed E-state index contributed by atoms with van der Waals surface area (Å²) in [5, 5.41) is 0. The van der Waals surface area contributed by atoms with Crippen LogP contribution in [0.1, 0.15) is 37.7 Å². The molecule has 1 aromatic rings. The molecule has 2 bridgehead atoms. The van der Waals surface area contributed by atoms with Crippen LogP contribution in [0.25, 0.3) is 0 Å². The van der Waals surface area contributed by atoms with E-state index in [-0.39, 0.29) is 17.5 Å². The molecule has 2 amide bonds. The molecule has 3 fully saturated rings. The number of rotatable bonds is 1. The van der Waals surface area contributed by atoms with Gasteiger partial charge in [0.15, 0.2) is 0 Å². The van der Waals surface area contributed by atoms with E-state index in [9.17, 15) is 22.8 Å². The van der Waals surface area contributed by atoms with Crippen molar-refractivity contribution in [3.05, 3.63) is 53.1 Å². The number of hydrogen-bond acceptors (Lipinski definition) is 2. The lowest BCUT2D eigenvalue weighted by atomic mass is 9.85. The Balaban J connectivity index is 1.55. The van der Waals surface area contributed by atoms with Crippen LogP contribution in [-0.4, -0.2) is 11.8 Å². The summed E-state index contributed by atoms with van der Waals surface area (Å²) in [6, 6.07) is 4.85. The molecule has 4 atom stereocenters. The monoisotopic (exact) mass is 387 g/mol. The van der Waals surface area contributed by atoms with Gasteiger partial charge in [0, 0.05) is 11.8 Å². The number of anilines is 1. The van der Waals surface area contributed by atoms with Crippen LogP contribution >= 0.6 is 0 Å². The number of hydrogen-bond donors (Lipinski definition) is 0. The lowest BCUT2D eigenvalue weighted by molar-refractivity contribution is -0.137. The molecule has 4 aliphatic rings. The number of imide groups is 1. The molecule has 1 aliphatic heterocycles. The van der Waals surface area contributed by atoms with Crippen molar-refractivity contribution in [1.82, 2.24) is 0 Å². The second-order valence-electron chi connectivity index (χ2n) is 8.13. The Labute approximate surface area is 160 Å². The van der Waals surface area contributed by atoms with Gasteiger partial charge in [0.2, 0.25) is 11.8 Å². The lowest BCUT2D eigenvalue weighted by Crippen LogP contribution is -2.35. The van der Waals surface area contributed by atoms with E-state index in [4.69, 9.17) is 0 Å². The number of fused-ring (bicyclic) bond motifs is 5. The van der Waals surface area contributed by atoms with Gasteiger partial charge in [-0.15, -0.1) is 0 Å². The molecule has 3 aliphatic carbocycles. The second-order valence-corrected chi connectivity index (χ2v) is 8.13. The fraction of sp³-hybridized carbons (Fsp3) is 0.455. The normalized spacial score (nSPS) is 31.9. The Morgan fingerprint density at radius 1 is 0.857 bits per heavy atom. The van der Waals surface area contributed by atoms with Crippen LogP contribution in [0.5, 0.6) is 0 Å². The SMILES string of the molecule is O=C1[C@@H]2[C@H](C(=O)N1c1ccccc1C(F)(F)F)[C@@H]1C=C[C@@H]2C1=C1CCCCC1. The van der Waals surface area contributed by atoms with Crippen LogP contribution in [-0.2, 0) is 15.8 Å². The molecule has 146 valence electrons. The third-order valence-electron chi connectivity index (χ3n) is 6.73. The van der Waals surface area contributed by atoms with Crippen LogP contribution in [0.4, 0.5) is 18.9 Å². The molecule has 1 heterocycles. The van der Waals surface area contributed by atoms with Crippen molar-refractivity contribution in [2.45, 2.75) is 38.3 Å². The maximum Gasteiger partial charge on any atom is 0.418 e. The number of nitrogens with zero attached hydrogens (tertiary/aromatic N) is 1. The maximum atomic E-state index is 13.4. The number of allylic oxidation sites excluding steroid dienone is 4. The van der Waals surface area contributed by atoms with Crippen molar-refractivity contribution in [3.8, 4) is 0 Å². The van der Waals surface area contributed by atoms with Crippen molar-refractivity contribution in [2.75, 3.05) is 4.90 Å². The standard InChI is InChI=1S/C22H20F3NO2/c23-22(24,25)15-8-4-5-9-16(15)26-20(27)18-13-10-11-14(19(18)21(26)28)17(13)12-6-2-1-3-7-12/h4-5,8-11,13-14,18-19H,1-3,6-7H2/t13-,14-,18-,19+/m1/s1. The third-order valence-corrected chi connectivity index (χ3v) is 6.73. The fourth-order valence-electron chi connectivity index (χ4n) is 5.65. The highest BCUT2D eigenvalue weighted by molar-refractivity contribution is 6.23. The number of carbonyl (C=O) groups excluding carboxylic acids is 2. The Kier molecular flexibility index (Phi) is 3.83. The molecule has 1 aromatic carbocycles. The summed E-state index contributed by atoms with van der Waals surface area (Å²) < 4.78 is 40.3. The van der Waals surface area contributed by atoms with Crippen LogP contribution < -0.4 is 4.90 Å². The predicted molar refractivity (Wildman–Crippen MR) is 97.1 cm³/mol. The Bertz CT molecular complexity index is 888. The minimum atomic E-state index is -4.62. The van der Waals surface area contributed by atoms with E-state index in [1.807, 2.05) is 12.2 Å². The van der Waals surface area contributed by atoms with Crippen molar-refractivity contribution in [3.63, 3.8) is 0 Å². The van der Waals surface area contributed by atoms with Gasteiger partial charge in [0.25, 0.3) is 0 Å². The Hall–Kier alpha value is -2.37. The van der Waals surface area contributed by atoms with Crippen LogP contribution in [0.15, 0.2) is 47.6 Å². The van der Waals surface area contributed by atoms with Gasteiger partial charge in [-0.25, -0.2) is 4.90 Å². The summed E-state index contributed by atoms with van der Waals surface area (Å²) in [5.74, 6) is -2.37. The van der Waals surface area contributed by atoms with E-state index in [0.29, 0.717) is 0 Å². The zero-order valence-electron chi connectivity index (χ0n) is 15.2. The molecule has 0 radical (unpaired) electrons. The molecular weight excluding hydrogens is 367 g/mol. The highest BCUT2D eigenvalue weighted by atomic mass is 19.4. The summed E-state index contributed by atoms with van der Waals surface area (Å²) in [5.41, 5.74) is 1.29. The van der Waals surface area contributed by atoms with Crippen LogP contribution in [0, 0.1) is 23.7 Å². The summed E-state index contributed by atoms with van der Waals surface area (Å²) in [6.45, 7) is 0. The van der Waals surface area contributed by atoms with E-state index >= 15 is 0 Å². The molecular formula is C22H20F3NO2. The third kappa shape index (κ3) is 2.36. The van der Waals surface area contributed by atoms with Gasteiger partial charge < -0.3 is 0 Å². The number of halogens is 3. The molecule has 2 saturated carbocycles. The summed E-state index contributed by atoms with van der Waals surface area (Å²) >= 11 is 0. The molecule has 3 nitrogen and oxygen atoms in total. The zero-order valence-corrected chi connectivity index (χ0v) is 15.2. The Morgan fingerprint density at radius 3 is 2.00 bits per heavy atom. The molecule has 6 heteroatoms. The van der Waals surface area contributed by atoms with Crippen molar-refractivity contribution in [1.29, 1.82) is 0 Å². The highest BCUT2D eigenvalue weighted by Crippen LogP contribution is 2.58. The van der Waals surface area contributed by atoms with E-state index in [1.165, 1.54) is 35.8 Å². The largest absolute Gasteiger partial charge is 0.418 e. The highest BCUT2D eigenvalue weighted by Gasteiger charge is 2.62. The van der Waals surface area contributed by atoms with Gasteiger partial charge in [-0.05, 0) is 37.8 Å². The first kappa shape index (κ1) is 17.7. The first-order valence-corrected chi connectivity index (χ1v) is 9.84. The number of benzene rings is 1. The van der Waals surface area contributed by atoms with Crippen molar-refractivity contribution >= 4 is 17.5 Å². The number of carbonyl (C=O) groups is 2. The van der Waals surface area contributed by atoms with Gasteiger partial charge in [-0.3, -0.25) is 9.59 Å². The topological polar surface area (TPSA) is 37.4 Å². The van der Waals surface area contributed by atoms with Gasteiger partial charge in [0.1, 0.15) is 0 Å². The summed E-state index contributed by atoms with van der Waals surface area (Å²) in [4.78, 5) is 27.2.